The molecule has 2 aromatic rings. The molecule has 0 saturated heterocycles. The lowest BCUT2D eigenvalue weighted by molar-refractivity contribution is -0.937. The predicted octanol–water partition coefficient (Wildman–Crippen LogP) is 2.52. The number of ether oxygens (including phenoxy) is 1. The van der Waals surface area contributed by atoms with Gasteiger partial charge in [-0.15, -0.1) is 0 Å². The van der Waals surface area contributed by atoms with Crippen LogP contribution in [-0.4, -0.2) is 36.6 Å². The fourth-order valence-electron chi connectivity index (χ4n) is 2.30. The third-order valence-corrected chi connectivity index (χ3v) is 3.48. The van der Waals surface area contributed by atoms with Gasteiger partial charge in [0.25, 0.3) is 11.6 Å². The van der Waals surface area contributed by atoms with Crippen molar-refractivity contribution in [1.29, 1.82) is 0 Å². The van der Waals surface area contributed by atoms with Gasteiger partial charge in [0, 0.05) is 23.3 Å². The van der Waals surface area contributed by atoms with Gasteiger partial charge >= 0.3 is 0 Å². The lowest BCUT2D eigenvalue weighted by atomic mass is 10.2. The molecule has 0 atom stereocenters. The van der Waals surface area contributed by atoms with E-state index in [1.54, 1.807) is 7.11 Å². The molecule has 0 saturated carbocycles. The van der Waals surface area contributed by atoms with Crippen LogP contribution in [0.3, 0.4) is 0 Å². The molecule has 0 bridgehead atoms. The van der Waals surface area contributed by atoms with Gasteiger partial charge in [0.15, 0.2) is 0 Å². The van der Waals surface area contributed by atoms with Crippen molar-refractivity contribution < 1.29 is 19.0 Å². The highest BCUT2D eigenvalue weighted by Crippen LogP contribution is 2.15. The van der Waals surface area contributed by atoms with Gasteiger partial charge in [-0.3, -0.25) is 14.9 Å². The van der Waals surface area contributed by atoms with E-state index in [4.69, 9.17) is 4.74 Å². The van der Waals surface area contributed by atoms with E-state index in [1.807, 2.05) is 38.4 Å². The van der Waals surface area contributed by atoms with E-state index >= 15 is 0 Å². The third-order valence-electron chi connectivity index (χ3n) is 3.48. The van der Waals surface area contributed by atoms with E-state index in [0.717, 1.165) is 11.3 Å². The smallest absolute Gasteiger partial charge is 0.295 e. The van der Waals surface area contributed by atoms with Gasteiger partial charge < -0.3 is 4.74 Å². The number of rotatable bonds is 6. The zero-order chi connectivity index (χ0) is 17.7. The number of nitrogens with zero attached hydrogens (tertiary/aromatic N) is 2. The Hall–Kier alpha value is -2.93. The molecule has 1 amide bonds. The Morgan fingerprint density at radius 1 is 1.12 bits per heavy atom. The zero-order valence-corrected chi connectivity index (χ0v) is 13.9. The Morgan fingerprint density at radius 2 is 1.71 bits per heavy atom. The molecule has 1 N–H and O–H groups in total. The van der Waals surface area contributed by atoms with Gasteiger partial charge in [-0.1, -0.05) is 0 Å². The number of nitro benzene ring substituents is 1. The Balaban J connectivity index is 2.03. The summed E-state index contributed by atoms with van der Waals surface area (Å²) in [6.45, 7) is 0.586. The van der Waals surface area contributed by atoms with Crippen molar-refractivity contribution in [2.75, 3.05) is 21.2 Å². The molecule has 126 valence electrons. The molecule has 0 fully saturated rings. The second-order valence-corrected chi connectivity index (χ2v) is 5.94. The predicted molar refractivity (Wildman–Crippen MR) is 89.4 cm³/mol. The van der Waals surface area contributed by atoms with Crippen molar-refractivity contribution in [2.45, 2.75) is 6.54 Å². The molecule has 0 radical (unpaired) electrons. The normalized spacial score (nSPS) is 11.0. The Kier molecular flexibility index (Phi) is 5.15. The van der Waals surface area contributed by atoms with Crippen LogP contribution in [0.1, 0.15) is 15.9 Å². The Bertz CT molecular complexity index is 725. The summed E-state index contributed by atoms with van der Waals surface area (Å²) in [4.78, 5) is 22.5. The number of benzene rings is 2. The SMILES string of the molecule is COc1ccc(C[N+](C)(C)NC(=O)c2ccc([N+](=O)[O-])cc2)cc1. The van der Waals surface area contributed by atoms with Crippen LogP contribution in [-0.2, 0) is 6.54 Å². The van der Waals surface area contributed by atoms with Crippen LogP contribution in [0.5, 0.6) is 5.75 Å². The summed E-state index contributed by atoms with van der Waals surface area (Å²) in [5.41, 5.74) is 4.28. The van der Waals surface area contributed by atoms with Crippen molar-refractivity contribution in [1.82, 2.24) is 5.43 Å². The summed E-state index contributed by atoms with van der Waals surface area (Å²) in [5.74, 6) is 0.488. The van der Waals surface area contributed by atoms with E-state index in [1.165, 1.54) is 24.3 Å². The van der Waals surface area contributed by atoms with Gasteiger partial charge in [-0.25, -0.2) is 4.59 Å². The van der Waals surface area contributed by atoms with E-state index < -0.39 is 4.92 Å². The second kappa shape index (κ2) is 7.10. The number of non-ortho nitro benzene ring substituents is 1. The largest absolute Gasteiger partial charge is 0.497 e. The van der Waals surface area contributed by atoms with Crippen LogP contribution < -0.4 is 10.2 Å². The molecule has 0 unspecified atom stereocenters. The number of carbonyl (C=O) groups is 1. The minimum atomic E-state index is -0.495. The number of nitrogens with one attached hydrogen (secondary N) is 1. The maximum absolute atomic E-state index is 12.3. The summed E-state index contributed by atoms with van der Waals surface area (Å²) < 4.78 is 5.36. The minimum absolute atomic E-state index is 0.0430. The Morgan fingerprint density at radius 3 is 2.21 bits per heavy atom. The third kappa shape index (κ3) is 4.53. The van der Waals surface area contributed by atoms with Crippen molar-refractivity contribution in [3.63, 3.8) is 0 Å². The van der Waals surface area contributed by atoms with Crippen molar-refractivity contribution in [3.8, 4) is 5.75 Å². The van der Waals surface area contributed by atoms with Crippen LogP contribution in [0, 0.1) is 10.1 Å². The van der Waals surface area contributed by atoms with Crippen LogP contribution in [0.2, 0.25) is 0 Å². The molecular weight excluding hydrogens is 310 g/mol. The molecule has 0 aromatic heterocycles. The van der Waals surface area contributed by atoms with Crippen molar-refractivity contribution >= 4 is 11.6 Å². The van der Waals surface area contributed by atoms with E-state index in [2.05, 4.69) is 5.43 Å². The molecule has 0 aliphatic rings. The zero-order valence-electron chi connectivity index (χ0n) is 13.9. The van der Waals surface area contributed by atoms with Crippen LogP contribution >= 0.6 is 0 Å². The number of methoxy groups -OCH3 is 1. The van der Waals surface area contributed by atoms with Gasteiger partial charge in [-0.2, -0.15) is 5.43 Å². The monoisotopic (exact) mass is 330 g/mol. The summed E-state index contributed by atoms with van der Waals surface area (Å²) in [6, 6.07) is 13.1. The van der Waals surface area contributed by atoms with E-state index in [0.29, 0.717) is 12.1 Å². The molecule has 0 heterocycles. The van der Waals surface area contributed by atoms with Crippen LogP contribution in [0.15, 0.2) is 48.5 Å². The average molecular weight is 330 g/mol. The molecule has 0 aliphatic carbocycles. The molecule has 2 rings (SSSR count). The summed E-state index contributed by atoms with van der Waals surface area (Å²) in [5, 5.41) is 10.7. The first-order chi connectivity index (χ1) is 11.3. The average Bonchev–Trinajstić information content (AvgIpc) is 2.54. The van der Waals surface area contributed by atoms with Crippen molar-refractivity contribution in [3.05, 3.63) is 69.8 Å². The molecule has 7 nitrogen and oxygen atoms in total. The molecule has 0 spiro atoms. The maximum atomic E-state index is 12.3. The molecule has 0 aliphatic heterocycles. The van der Waals surface area contributed by atoms with E-state index in [-0.39, 0.29) is 16.2 Å². The fraction of sp³-hybridized carbons (Fsp3) is 0.235. The second-order valence-electron chi connectivity index (χ2n) is 5.94. The molecular formula is C17H20N3O4+. The summed E-state index contributed by atoms with van der Waals surface area (Å²) in [7, 11) is 5.35. The van der Waals surface area contributed by atoms with Gasteiger partial charge in [-0.05, 0) is 36.4 Å². The maximum Gasteiger partial charge on any atom is 0.295 e. The van der Waals surface area contributed by atoms with Crippen LogP contribution in [0.4, 0.5) is 5.69 Å². The lowest BCUT2D eigenvalue weighted by Gasteiger charge is -2.29. The minimum Gasteiger partial charge on any atom is -0.497 e. The fourth-order valence-corrected chi connectivity index (χ4v) is 2.30. The number of nitro groups is 1. The first kappa shape index (κ1) is 17.4. The molecule has 7 heteroatoms. The van der Waals surface area contributed by atoms with Gasteiger partial charge in [0.2, 0.25) is 0 Å². The molecule has 24 heavy (non-hydrogen) atoms. The lowest BCUT2D eigenvalue weighted by Crippen LogP contribution is -2.53. The van der Waals surface area contributed by atoms with Gasteiger partial charge in [0.05, 0.1) is 26.1 Å². The molecule has 2 aromatic carbocycles. The number of carbonyl (C=O) groups excluding carboxylic acids is 1. The quantitative estimate of drug-likeness (QED) is 0.501. The number of quaternary nitrogens is 1. The van der Waals surface area contributed by atoms with E-state index in [9.17, 15) is 14.9 Å². The number of hydrogen-bond acceptors (Lipinski definition) is 4. The first-order valence-electron chi connectivity index (χ1n) is 7.34. The first-order valence-corrected chi connectivity index (χ1v) is 7.34. The highest BCUT2D eigenvalue weighted by molar-refractivity contribution is 5.93. The summed E-state index contributed by atoms with van der Waals surface area (Å²) in [6.07, 6.45) is 0. The topological polar surface area (TPSA) is 81.5 Å². The van der Waals surface area contributed by atoms with Crippen LogP contribution in [0.25, 0.3) is 0 Å². The standard InChI is InChI=1S/C17H19N3O4/c1-20(2,12-13-4-10-16(24-3)11-5-13)18-17(21)14-6-8-15(9-7-14)19(22)23/h4-11H,12H2,1-3H3/p+1. The van der Waals surface area contributed by atoms with Gasteiger partial charge in [0.1, 0.15) is 12.3 Å². The number of hydrogen-bond donors (Lipinski definition) is 1. The summed E-state index contributed by atoms with van der Waals surface area (Å²) >= 11 is 0. The van der Waals surface area contributed by atoms with Crippen molar-refractivity contribution in [2.24, 2.45) is 0 Å². The highest BCUT2D eigenvalue weighted by Gasteiger charge is 2.21. The Labute approximate surface area is 140 Å². The highest BCUT2D eigenvalue weighted by atomic mass is 16.6. The number of amides is 1.